The summed E-state index contributed by atoms with van der Waals surface area (Å²) in [4.78, 5) is 28.8. The first-order valence-electron chi connectivity index (χ1n) is 9.44. The van der Waals surface area contributed by atoms with E-state index >= 15 is 0 Å². The molecule has 2 aliphatic rings. The summed E-state index contributed by atoms with van der Waals surface area (Å²) in [6, 6.07) is 10.1. The van der Waals surface area contributed by atoms with Crippen molar-refractivity contribution in [1.82, 2.24) is 15.1 Å². The van der Waals surface area contributed by atoms with Gasteiger partial charge in [-0.3, -0.25) is 4.79 Å². The first-order valence-corrected chi connectivity index (χ1v) is 9.44. The molecule has 0 bridgehead atoms. The van der Waals surface area contributed by atoms with Gasteiger partial charge in [-0.05, 0) is 31.2 Å². The number of nitrogens with zero attached hydrogens (tertiary/aromatic N) is 2. The molecule has 1 saturated carbocycles. The number of nitrogens with one attached hydrogen (secondary N) is 1. The normalized spacial score (nSPS) is 18.8. The molecule has 1 aromatic carbocycles. The molecule has 1 aliphatic heterocycles. The van der Waals surface area contributed by atoms with Gasteiger partial charge in [-0.25, -0.2) is 4.79 Å². The fourth-order valence-electron chi connectivity index (χ4n) is 3.68. The quantitative estimate of drug-likeness (QED) is 0.845. The van der Waals surface area contributed by atoms with Crippen LogP contribution in [0, 0.1) is 0 Å². The van der Waals surface area contributed by atoms with Crippen LogP contribution in [-0.4, -0.2) is 68.2 Å². The second kappa shape index (κ2) is 8.08. The molecule has 26 heavy (non-hydrogen) atoms. The van der Waals surface area contributed by atoms with Crippen molar-refractivity contribution in [2.75, 3.05) is 40.4 Å². The highest BCUT2D eigenvalue weighted by Crippen LogP contribution is 2.48. The molecular formula is C20H29N3O3. The number of amides is 3. The van der Waals surface area contributed by atoms with E-state index in [0.717, 1.165) is 31.2 Å². The molecule has 3 rings (SSSR count). The van der Waals surface area contributed by atoms with Crippen LogP contribution in [0.1, 0.15) is 31.2 Å². The van der Waals surface area contributed by atoms with Gasteiger partial charge in [0.15, 0.2) is 0 Å². The van der Waals surface area contributed by atoms with Crippen molar-refractivity contribution in [1.29, 1.82) is 0 Å². The molecule has 1 aromatic rings. The minimum atomic E-state index is -0.365. The molecule has 0 aromatic heterocycles. The summed E-state index contributed by atoms with van der Waals surface area (Å²) < 4.78 is 5.41. The van der Waals surface area contributed by atoms with Crippen molar-refractivity contribution in [3.05, 3.63) is 35.9 Å². The summed E-state index contributed by atoms with van der Waals surface area (Å²) in [5.74, 6) is 0.0768. The molecule has 0 radical (unpaired) electrons. The fourth-order valence-corrected chi connectivity index (χ4v) is 3.68. The second-order valence-electron chi connectivity index (χ2n) is 7.42. The van der Waals surface area contributed by atoms with E-state index in [9.17, 15) is 9.59 Å². The van der Waals surface area contributed by atoms with Crippen LogP contribution in [0.3, 0.4) is 0 Å². The molecule has 2 fully saturated rings. The van der Waals surface area contributed by atoms with Gasteiger partial charge < -0.3 is 19.9 Å². The molecule has 1 N–H and O–H groups in total. The summed E-state index contributed by atoms with van der Waals surface area (Å²) in [5.41, 5.74) is 0.721. The lowest BCUT2D eigenvalue weighted by Crippen LogP contribution is -2.51. The van der Waals surface area contributed by atoms with Crippen molar-refractivity contribution < 1.29 is 14.3 Å². The largest absolute Gasteiger partial charge is 0.381 e. The lowest BCUT2D eigenvalue weighted by Gasteiger charge is -2.36. The lowest BCUT2D eigenvalue weighted by atomic mass is 9.95. The first-order chi connectivity index (χ1) is 12.5. The van der Waals surface area contributed by atoms with Crippen molar-refractivity contribution in [2.24, 2.45) is 0 Å². The Morgan fingerprint density at radius 3 is 2.38 bits per heavy atom. The minimum absolute atomic E-state index is 0.00431. The van der Waals surface area contributed by atoms with Gasteiger partial charge in [0.05, 0.1) is 5.41 Å². The van der Waals surface area contributed by atoms with E-state index in [2.05, 4.69) is 5.32 Å². The SMILES string of the molecule is CN(C)C(=O)N(CCNC(=O)C1(c2ccccc2)CC1)C1CCOCC1. The van der Waals surface area contributed by atoms with Crippen molar-refractivity contribution >= 4 is 11.9 Å². The summed E-state index contributed by atoms with van der Waals surface area (Å²) >= 11 is 0. The molecule has 0 atom stereocenters. The van der Waals surface area contributed by atoms with Crippen LogP contribution in [0.5, 0.6) is 0 Å². The Kier molecular flexibility index (Phi) is 5.81. The summed E-state index contributed by atoms with van der Waals surface area (Å²) in [6.07, 6.45) is 3.48. The zero-order chi connectivity index (χ0) is 18.6. The van der Waals surface area contributed by atoms with Gasteiger partial charge in [0.25, 0.3) is 0 Å². The highest BCUT2D eigenvalue weighted by Gasteiger charge is 2.50. The van der Waals surface area contributed by atoms with Crippen LogP contribution in [0.25, 0.3) is 0 Å². The smallest absolute Gasteiger partial charge is 0.319 e. The van der Waals surface area contributed by atoms with Gasteiger partial charge in [-0.15, -0.1) is 0 Å². The number of hydrogen-bond donors (Lipinski definition) is 1. The molecule has 0 spiro atoms. The average molecular weight is 359 g/mol. The molecule has 1 saturated heterocycles. The van der Waals surface area contributed by atoms with Crippen molar-refractivity contribution in [2.45, 2.75) is 37.1 Å². The van der Waals surface area contributed by atoms with E-state index in [0.29, 0.717) is 26.3 Å². The summed E-state index contributed by atoms with van der Waals surface area (Å²) in [7, 11) is 3.53. The topological polar surface area (TPSA) is 61.9 Å². The zero-order valence-electron chi connectivity index (χ0n) is 15.7. The van der Waals surface area contributed by atoms with Crippen LogP contribution in [0.2, 0.25) is 0 Å². The summed E-state index contributed by atoms with van der Waals surface area (Å²) in [6.45, 7) is 2.37. The Hall–Kier alpha value is -2.08. The van der Waals surface area contributed by atoms with E-state index in [1.165, 1.54) is 0 Å². The van der Waals surface area contributed by atoms with Crippen molar-refractivity contribution in [3.8, 4) is 0 Å². The van der Waals surface area contributed by atoms with Crippen LogP contribution in [0.4, 0.5) is 4.79 Å². The van der Waals surface area contributed by atoms with Gasteiger partial charge in [-0.2, -0.15) is 0 Å². The molecule has 6 heteroatoms. The number of rotatable bonds is 6. The number of carbonyl (C=O) groups excluding carboxylic acids is 2. The molecule has 1 heterocycles. The van der Waals surface area contributed by atoms with Crippen molar-refractivity contribution in [3.63, 3.8) is 0 Å². The van der Waals surface area contributed by atoms with E-state index in [1.54, 1.807) is 19.0 Å². The van der Waals surface area contributed by atoms with Gasteiger partial charge in [-0.1, -0.05) is 30.3 Å². The Morgan fingerprint density at radius 1 is 1.15 bits per heavy atom. The van der Waals surface area contributed by atoms with E-state index in [-0.39, 0.29) is 23.4 Å². The Bertz CT molecular complexity index is 622. The molecule has 3 amide bonds. The number of benzene rings is 1. The number of carbonyl (C=O) groups is 2. The first kappa shape index (κ1) is 18.7. The maximum Gasteiger partial charge on any atom is 0.319 e. The van der Waals surface area contributed by atoms with Gasteiger partial charge >= 0.3 is 6.03 Å². The van der Waals surface area contributed by atoms with E-state index in [4.69, 9.17) is 4.74 Å². The third-order valence-corrected chi connectivity index (χ3v) is 5.41. The fraction of sp³-hybridized carbons (Fsp3) is 0.600. The standard InChI is InChI=1S/C20H29N3O3/c1-22(2)19(25)23(17-8-14-26-15-9-17)13-12-21-18(24)20(10-11-20)16-6-4-3-5-7-16/h3-7,17H,8-15H2,1-2H3,(H,21,24). The third kappa shape index (κ3) is 4.01. The van der Waals surface area contributed by atoms with E-state index < -0.39 is 0 Å². The Morgan fingerprint density at radius 2 is 1.81 bits per heavy atom. The maximum absolute atomic E-state index is 12.7. The third-order valence-electron chi connectivity index (χ3n) is 5.41. The Balaban J connectivity index is 1.57. The van der Waals surface area contributed by atoms with E-state index in [1.807, 2.05) is 35.2 Å². The van der Waals surface area contributed by atoms with Crippen LogP contribution in [0.15, 0.2) is 30.3 Å². The highest BCUT2D eigenvalue weighted by atomic mass is 16.5. The number of urea groups is 1. The van der Waals surface area contributed by atoms with Gasteiger partial charge in [0.2, 0.25) is 5.91 Å². The molecule has 142 valence electrons. The second-order valence-corrected chi connectivity index (χ2v) is 7.42. The monoisotopic (exact) mass is 359 g/mol. The van der Waals surface area contributed by atoms with Gasteiger partial charge in [0.1, 0.15) is 0 Å². The predicted molar refractivity (Wildman–Crippen MR) is 100.0 cm³/mol. The van der Waals surface area contributed by atoms with Crippen LogP contribution in [-0.2, 0) is 14.9 Å². The average Bonchev–Trinajstić information content (AvgIpc) is 3.48. The summed E-state index contributed by atoms with van der Waals surface area (Å²) in [5, 5.41) is 3.06. The van der Waals surface area contributed by atoms with Gasteiger partial charge in [0, 0.05) is 46.4 Å². The van der Waals surface area contributed by atoms with Crippen LogP contribution >= 0.6 is 0 Å². The Labute approximate surface area is 155 Å². The molecular weight excluding hydrogens is 330 g/mol. The number of hydrogen-bond acceptors (Lipinski definition) is 3. The molecule has 0 unspecified atom stereocenters. The predicted octanol–water partition coefficient (Wildman–Crippen LogP) is 2.00. The van der Waals surface area contributed by atoms with Crippen LogP contribution < -0.4 is 5.32 Å². The lowest BCUT2D eigenvalue weighted by molar-refractivity contribution is -0.123. The zero-order valence-corrected chi connectivity index (χ0v) is 15.7. The number of ether oxygens (including phenoxy) is 1. The molecule has 6 nitrogen and oxygen atoms in total. The maximum atomic E-state index is 12.7. The highest BCUT2D eigenvalue weighted by molar-refractivity contribution is 5.91. The molecule has 1 aliphatic carbocycles. The minimum Gasteiger partial charge on any atom is -0.381 e.